The number of allylic oxidation sites excluding steroid dienone is 2. The average molecular weight is 685 g/mol. The van der Waals surface area contributed by atoms with Crippen LogP contribution in [0.5, 0.6) is 17.2 Å². The van der Waals surface area contributed by atoms with E-state index >= 15 is 0 Å². The second-order valence-corrected chi connectivity index (χ2v) is 11.8. The third-order valence-corrected chi connectivity index (χ3v) is 9.61. The SMILES string of the molecule is COC1=CC(=O)c2c(O)c3c(c(O)c2C1=O)C(=O)[C@]1(CCc2c1c(O)c1c(=O)[nH]c(C=NOCc4ccccc4)cc1c2Br)C3=O. The number of Topliss-reactive ketones (excluding diaryl/α,β-unsaturated/α-hetero) is 3. The number of benzene rings is 3. The summed E-state index contributed by atoms with van der Waals surface area (Å²) in [7, 11) is 1.13. The number of phenolic OH excluding ortho intramolecular Hbond substituents is 3. The van der Waals surface area contributed by atoms with E-state index in [0.29, 0.717) is 10.0 Å². The molecule has 1 heterocycles. The fourth-order valence-corrected chi connectivity index (χ4v) is 7.36. The van der Waals surface area contributed by atoms with Crippen molar-refractivity contribution in [3.8, 4) is 17.2 Å². The molecule has 0 bridgehead atoms. The van der Waals surface area contributed by atoms with E-state index in [2.05, 4.69) is 26.1 Å². The predicted octanol–water partition coefficient (Wildman–Crippen LogP) is 4.13. The second kappa shape index (κ2) is 10.2. The lowest BCUT2D eigenvalue weighted by atomic mass is 9.76. The lowest BCUT2D eigenvalue weighted by Crippen LogP contribution is -2.36. The molecule has 3 aromatic carbocycles. The van der Waals surface area contributed by atoms with Gasteiger partial charge in [0.15, 0.2) is 23.1 Å². The highest BCUT2D eigenvalue weighted by Crippen LogP contribution is 2.58. The number of aromatic amines is 1. The number of fused-ring (bicyclic) bond motifs is 5. The molecule has 4 aromatic rings. The highest BCUT2D eigenvalue weighted by Gasteiger charge is 2.62. The lowest BCUT2D eigenvalue weighted by Gasteiger charge is -2.23. The van der Waals surface area contributed by atoms with Gasteiger partial charge in [-0.05, 0) is 46.0 Å². The van der Waals surface area contributed by atoms with E-state index in [9.17, 15) is 39.3 Å². The van der Waals surface area contributed by atoms with Gasteiger partial charge in [-0.25, -0.2) is 0 Å². The minimum absolute atomic E-state index is 0.0791. The molecule has 0 unspecified atom stereocenters. The zero-order valence-corrected chi connectivity index (χ0v) is 25.4. The number of hydrogen-bond donors (Lipinski definition) is 4. The van der Waals surface area contributed by atoms with Gasteiger partial charge in [0.1, 0.15) is 29.3 Å². The fraction of sp³-hybridized carbons (Fsp3) is 0.152. The van der Waals surface area contributed by atoms with Crippen molar-refractivity contribution in [2.45, 2.75) is 24.9 Å². The number of oxime groups is 1. The van der Waals surface area contributed by atoms with Gasteiger partial charge in [0.05, 0.1) is 46.7 Å². The number of phenols is 3. The number of ketones is 4. The molecule has 46 heavy (non-hydrogen) atoms. The van der Waals surface area contributed by atoms with Crippen molar-refractivity contribution in [3.63, 3.8) is 0 Å². The molecule has 1 spiro atoms. The molecule has 0 amide bonds. The maximum Gasteiger partial charge on any atom is 0.260 e. The summed E-state index contributed by atoms with van der Waals surface area (Å²) in [5.41, 5.74) is -4.19. The first-order valence-electron chi connectivity index (χ1n) is 13.9. The maximum absolute atomic E-state index is 14.2. The number of nitrogens with one attached hydrogen (secondary N) is 1. The van der Waals surface area contributed by atoms with Gasteiger partial charge < -0.3 is 29.9 Å². The summed E-state index contributed by atoms with van der Waals surface area (Å²) in [6.45, 7) is 0.195. The zero-order chi connectivity index (χ0) is 32.7. The Kier molecular flexibility index (Phi) is 6.49. The second-order valence-electron chi connectivity index (χ2n) is 11.0. The standard InChI is InChI=1S/C33H21BrN2O10/c1-45-18-10-17(37)20-21(26(18)38)28(40)23-22(27(20)39)30(42)33(31(23)43)8-7-15-24(33)29(41)19-16(25(15)34)9-14(36-32(19)44)11-35-46-12-13-5-3-2-4-6-13/h2-6,9-11,39-41H,7-8,12H2,1H3,(H,36,44)/t33-/m0/s1. The van der Waals surface area contributed by atoms with Crippen molar-refractivity contribution in [1.29, 1.82) is 0 Å². The van der Waals surface area contributed by atoms with Crippen LogP contribution in [0.1, 0.15) is 70.2 Å². The van der Waals surface area contributed by atoms with Gasteiger partial charge in [0.2, 0.25) is 5.78 Å². The Morgan fingerprint density at radius 3 is 2.30 bits per heavy atom. The molecule has 13 heteroatoms. The van der Waals surface area contributed by atoms with Crippen molar-refractivity contribution in [2.75, 3.05) is 7.11 Å². The molecule has 0 saturated heterocycles. The quantitative estimate of drug-likeness (QED) is 0.103. The highest BCUT2D eigenvalue weighted by atomic mass is 79.9. The van der Waals surface area contributed by atoms with Gasteiger partial charge in [-0.3, -0.25) is 24.0 Å². The predicted molar refractivity (Wildman–Crippen MR) is 165 cm³/mol. The summed E-state index contributed by atoms with van der Waals surface area (Å²) in [4.78, 5) is 75.5. The third kappa shape index (κ3) is 3.78. The number of rotatable bonds is 5. The van der Waals surface area contributed by atoms with Gasteiger partial charge in [0, 0.05) is 21.5 Å². The third-order valence-electron chi connectivity index (χ3n) is 8.70. The molecule has 1 aromatic heterocycles. The van der Waals surface area contributed by atoms with E-state index < -0.39 is 79.4 Å². The molecule has 1 atom stereocenters. The first kappa shape index (κ1) is 29.2. The van der Waals surface area contributed by atoms with Crippen molar-refractivity contribution >= 4 is 56.0 Å². The number of halogens is 1. The summed E-state index contributed by atoms with van der Waals surface area (Å²) in [6, 6.07) is 10.9. The largest absolute Gasteiger partial charge is 0.507 e. The Bertz CT molecular complexity index is 2240. The van der Waals surface area contributed by atoms with E-state index in [1.165, 1.54) is 12.3 Å². The molecule has 0 aliphatic heterocycles. The molecule has 7 rings (SSSR count). The average Bonchev–Trinajstić information content (AvgIpc) is 3.55. The van der Waals surface area contributed by atoms with E-state index in [0.717, 1.165) is 18.7 Å². The zero-order valence-electron chi connectivity index (χ0n) is 23.8. The summed E-state index contributed by atoms with van der Waals surface area (Å²) < 4.78 is 5.26. The van der Waals surface area contributed by atoms with E-state index in [4.69, 9.17) is 9.57 Å². The van der Waals surface area contributed by atoms with Gasteiger partial charge in [0.25, 0.3) is 5.56 Å². The van der Waals surface area contributed by atoms with Crippen LogP contribution in [0.2, 0.25) is 0 Å². The van der Waals surface area contributed by atoms with Crippen LogP contribution in [0.4, 0.5) is 0 Å². The maximum atomic E-state index is 14.2. The Balaban J connectivity index is 1.35. The monoisotopic (exact) mass is 684 g/mol. The molecular weight excluding hydrogens is 664 g/mol. The number of carbonyl (C=O) groups is 4. The van der Waals surface area contributed by atoms with Crippen molar-refractivity contribution in [1.82, 2.24) is 4.98 Å². The van der Waals surface area contributed by atoms with Gasteiger partial charge >= 0.3 is 0 Å². The number of carbonyl (C=O) groups excluding carboxylic acids is 4. The Labute approximate surface area is 266 Å². The molecule has 230 valence electrons. The molecule has 4 N–H and O–H groups in total. The Hall–Kier alpha value is -5.56. The van der Waals surface area contributed by atoms with Crippen LogP contribution in [-0.4, -0.2) is 56.8 Å². The molecule has 12 nitrogen and oxygen atoms in total. The topological polar surface area (TPSA) is 193 Å². The number of pyridine rings is 1. The van der Waals surface area contributed by atoms with E-state index in [1.54, 1.807) is 0 Å². The summed E-state index contributed by atoms with van der Waals surface area (Å²) >= 11 is 3.50. The number of hydrogen-bond acceptors (Lipinski definition) is 11. The van der Waals surface area contributed by atoms with Crippen LogP contribution in [0.3, 0.4) is 0 Å². The minimum Gasteiger partial charge on any atom is -0.507 e. The molecule has 3 aliphatic carbocycles. The smallest absolute Gasteiger partial charge is 0.260 e. The van der Waals surface area contributed by atoms with Crippen LogP contribution in [0.25, 0.3) is 10.8 Å². The number of H-pyrrole nitrogens is 1. The first-order chi connectivity index (χ1) is 22.0. The first-order valence-corrected chi connectivity index (χ1v) is 14.7. The molecule has 0 radical (unpaired) electrons. The van der Waals surface area contributed by atoms with E-state index in [-0.39, 0.29) is 41.5 Å². The fourth-order valence-electron chi connectivity index (χ4n) is 6.65. The molecule has 3 aliphatic rings. The molecule has 0 fully saturated rings. The van der Waals surface area contributed by atoms with Crippen molar-refractivity contribution < 1.29 is 44.1 Å². The van der Waals surface area contributed by atoms with Crippen LogP contribution < -0.4 is 5.56 Å². The van der Waals surface area contributed by atoms with Crippen molar-refractivity contribution in [2.24, 2.45) is 5.16 Å². The summed E-state index contributed by atoms with van der Waals surface area (Å²) in [5.74, 6) is -6.81. The lowest BCUT2D eigenvalue weighted by molar-refractivity contribution is 0.0790. The summed E-state index contributed by atoms with van der Waals surface area (Å²) in [6.07, 6.45) is 2.00. The van der Waals surface area contributed by atoms with Gasteiger partial charge in [-0.2, -0.15) is 0 Å². The number of aromatic hydroxyl groups is 3. The normalized spacial score (nSPS) is 18.3. The minimum atomic E-state index is -2.15. The molecule has 0 saturated carbocycles. The Morgan fingerprint density at radius 1 is 0.957 bits per heavy atom. The van der Waals surface area contributed by atoms with E-state index in [1.807, 2.05) is 30.3 Å². The van der Waals surface area contributed by atoms with Crippen molar-refractivity contribution in [3.05, 3.63) is 108 Å². The number of nitrogens with zero attached hydrogens (tertiary/aromatic N) is 1. The number of aromatic nitrogens is 1. The molecular formula is C33H21BrN2O10. The van der Waals surface area contributed by atoms with Gasteiger partial charge in [-0.1, -0.05) is 35.5 Å². The Morgan fingerprint density at radius 2 is 1.63 bits per heavy atom. The van der Waals surface area contributed by atoms with Crippen LogP contribution >= 0.6 is 15.9 Å². The highest BCUT2D eigenvalue weighted by molar-refractivity contribution is 9.10. The van der Waals surface area contributed by atoms with Crippen LogP contribution in [-0.2, 0) is 28.0 Å². The van der Waals surface area contributed by atoms with Crippen LogP contribution in [0, 0.1) is 0 Å². The summed E-state index contributed by atoms with van der Waals surface area (Å²) in [5, 5.41) is 37.9. The number of methoxy groups -OCH3 is 1. The number of ether oxygens (including phenoxy) is 1. The van der Waals surface area contributed by atoms with Crippen LogP contribution in [0.15, 0.2) is 62.7 Å². The van der Waals surface area contributed by atoms with Gasteiger partial charge in [-0.15, -0.1) is 0 Å².